The van der Waals surface area contributed by atoms with E-state index >= 15 is 0 Å². The number of aromatic nitrogens is 1. The predicted molar refractivity (Wildman–Crippen MR) is 86.9 cm³/mol. The van der Waals surface area contributed by atoms with E-state index in [0.29, 0.717) is 6.54 Å². The highest BCUT2D eigenvalue weighted by Crippen LogP contribution is 2.31. The molecule has 19 heavy (non-hydrogen) atoms. The minimum atomic E-state index is 0. The zero-order valence-corrected chi connectivity index (χ0v) is 14.2. The number of hydrogen-bond donors (Lipinski definition) is 2. The van der Waals surface area contributed by atoms with Crippen molar-refractivity contribution in [2.75, 3.05) is 13.6 Å². The van der Waals surface area contributed by atoms with Crippen LogP contribution in [0.5, 0.6) is 0 Å². The van der Waals surface area contributed by atoms with Crippen LogP contribution < -0.4 is 10.6 Å². The summed E-state index contributed by atoms with van der Waals surface area (Å²) in [4.78, 5) is 4.21. The van der Waals surface area contributed by atoms with E-state index in [4.69, 9.17) is 4.52 Å². The molecular weight excluding hydrogens is 355 g/mol. The molecule has 0 spiro atoms. The van der Waals surface area contributed by atoms with Gasteiger partial charge >= 0.3 is 0 Å². The second kappa shape index (κ2) is 7.72. The third kappa shape index (κ3) is 5.00. The van der Waals surface area contributed by atoms with Crippen molar-refractivity contribution in [3.05, 3.63) is 17.0 Å². The van der Waals surface area contributed by atoms with Crippen LogP contribution in [0, 0.1) is 19.8 Å². The maximum atomic E-state index is 5.13. The molecule has 2 N–H and O–H groups in total. The fraction of sp³-hybridized carbons (Fsp3) is 0.692. The van der Waals surface area contributed by atoms with Gasteiger partial charge < -0.3 is 15.2 Å². The highest BCUT2D eigenvalue weighted by atomic mass is 127. The molecule has 1 saturated carbocycles. The largest absolute Gasteiger partial charge is 0.361 e. The minimum absolute atomic E-state index is 0. The van der Waals surface area contributed by atoms with Crippen molar-refractivity contribution in [2.24, 2.45) is 10.9 Å². The molecule has 0 saturated heterocycles. The molecule has 108 valence electrons. The summed E-state index contributed by atoms with van der Waals surface area (Å²) in [5.74, 6) is 2.65. The molecule has 5 nitrogen and oxygen atoms in total. The molecule has 0 aromatic carbocycles. The summed E-state index contributed by atoms with van der Waals surface area (Å²) >= 11 is 0. The first-order chi connectivity index (χ1) is 8.70. The molecule has 2 rings (SSSR count). The Hall–Kier alpha value is -0.790. The Bertz CT molecular complexity index is 407. The number of nitrogens with one attached hydrogen (secondary N) is 2. The number of guanidine groups is 1. The number of rotatable bonds is 5. The van der Waals surface area contributed by atoms with E-state index in [0.717, 1.165) is 35.4 Å². The molecule has 1 heterocycles. The molecule has 0 radical (unpaired) electrons. The van der Waals surface area contributed by atoms with Crippen molar-refractivity contribution < 1.29 is 4.52 Å². The van der Waals surface area contributed by atoms with E-state index in [1.165, 1.54) is 19.3 Å². The van der Waals surface area contributed by atoms with Crippen molar-refractivity contribution in [3.63, 3.8) is 0 Å². The highest BCUT2D eigenvalue weighted by Gasteiger charge is 2.20. The van der Waals surface area contributed by atoms with Gasteiger partial charge in [-0.15, -0.1) is 24.0 Å². The summed E-state index contributed by atoms with van der Waals surface area (Å²) in [7, 11) is 1.79. The molecule has 1 aliphatic rings. The van der Waals surface area contributed by atoms with Gasteiger partial charge in [0.25, 0.3) is 0 Å². The number of aliphatic imine (C=N–C) groups is 1. The topological polar surface area (TPSA) is 62.5 Å². The summed E-state index contributed by atoms with van der Waals surface area (Å²) in [6.45, 7) is 5.58. The Morgan fingerprint density at radius 2 is 2.11 bits per heavy atom. The molecule has 6 heteroatoms. The Morgan fingerprint density at radius 1 is 1.37 bits per heavy atom. The van der Waals surface area contributed by atoms with Gasteiger partial charge in [0.15, 0.2) is 5.96 Å². The van der Waals surface area contributed by atoms with Gasteiger partial charge in [0.05, 0.1) is 5.69 Å². The highest BCUT2D eigenvalue weighted by molar-refractivity contribution is 14.0. The molecule has 0 bridgehead atoms. The molecule has 1 aromatic rings. The summed E-state index contributed by atoms with van der Waals surface area (Å²) in [5.41, 5.74) is 2.05. The molecule has 1 aliphatic carbocycles. The lowest BCUT2D eigenvalue weighted by Gasteiger charge is -2.11. The monoisotopic (exact) mass is 378 g/mol. The zero-order chi connectivity index (χ0) is 13.0. The molecule has 0 amide bonds. The fourth-order valence-corrected chi connectivity index (χ4v) is 1.95. The number of halogens is 1. The van der Waals surface area contributed by atoms with E-state index in [1.807, 2.05) is 13.8 Å². The lowest BCUT2D eigenvalue weighted by atomic mass is 10.2. The van der Waals surface area contributed by atoms with Crippen LogP contribution in [0.2, 0.25) is 0 Å². The Kier molecular flexibility index (Phi) is 6.60. The van der Waals surface area contributed by atoms with Gasteiger partial charge in [-0.25, -0.2) is 0 Å². The van der Waals surface area contributed by atoms with Crippen molar-refractivity contribution in [2.45, 2.75) is 39.7 Å². The summed E-state index contributed by atoms with van der Waals surface area (Å²) < 4.78 is 5.13. The van der Waals surface area contributed by atoms with E-state index < -0.39 is 0 Å². The molecule has 0 aliphatic heterocycles. The van der Waals surface area contributed by atoms with Crippen LogP contribution in [0.1, 0.15) is 36.3 Å². The predicted octanol–water partition coefficient (Wildman–Crippen LogP) is 2.37. The number of aryl methyl sites for hydroxylation is 2. The molecule has 0 atom stereocenters. The van der Waals surface area contributed by atoms with Gasteiger partial charge in [0.1, 0.15) is 5.76 Å². The third-order valence-corrected chi connectivity index (χ3v) is 3.38. The van der Waals surface area contributed by atoms with E-state index in [9.17, 15) is 0 Å². The van der Waals surface area contributed by atoms with Crippen molar-refractivity contribution in [1.82, 2.24) is 15.8 Å². The average molecular weight is 378 g/mol. The smallest absolute Gasteiger partial charge is 0.191 e. The van der Waals surface area contributed by atoms with Gasteiger partial charge in [-0.1, -0.05) is 18.0 Å². The molecular formula is C13H23IN4O. The Morgan fingerprint density at radius 3 is 2.63 bits per heavy atom. The number of nitrogens with zero attached hydrogens (tertiary/aromatic N) is 2. The van der Waals surface area contributed by atoms with E-state index in [2.05, 4.69) is 20.8 Å². The summed E-state index contributed by atoms with van der Waals surface area (Å²) in [6, 6.07) is 0. The lowest BCUT2D eigenvalue weighted by molar-refractivity contribution is 0.392. The molecule has 1 aromatic heterocycles. The van der Waals surface area contributed by atoms with Gasteiger partial charge in [0, 0.05) is 25.7 Å². The lowest BCUT2D eigenvalue weighted by Crippen LogP contribution is -2.37. The Labute approximate surface area is 131 Å². The minimum Gasteiger partial charge on any atom is -0.361 e. The summed E-state index contributed by atoms with van der Waals surface area (Å²) in [5, 5.41) is 10.6. The van der Waals surface area contributed by atoms with Crippen molar-refractivity contribution in [3.8, 4) is 0 Å². The van der Waals surface area contributed by atoms with Crippen LogP contribution in [0.4, 0.5) is 0 Å². The first kappa shape index (κ1) is 16.3. The van der Waals surface area contributed by atoms with Gasteiger partial charge in [-0.05, 0) is 26.2 Å². The molecule has 1 fully saturated rings. The zero-order valence-electron chi connectivity index (χ0n) is 11.8. The second-order valence-electron chi connectivity index (χ2n) is 4.89. The van der Waals surface area contributed by atoms with Crippen LogP contribution in [0.3, 0.4) is 0 Å². The quantitative estimate of drug-likeness (QED) is 0.469. The molecule has 0 unspecified atom stereocenters. The van der Waals surface area contributed by atoms with Gasteiger partial charge in [-0.3, -0.25) is 4.99 Å². The first-order valence-corrected chi connectivity index (χ1v) is 6.57. The summed E-state index contributed by atoms with van der Waals surface area (Å²) in [6.07, 6.45) is 4.03. The van der Waals surface area contributed by atoms with Crippen molar-refractivity contribution in [1.29, 1.82) is 0 Å². The average Bonchev–Trinajstić information content (AvgIpc) is 3.13. The first-order valence-electron chi connectivity index (χ1n) is 6.57. The normalized spacial score (nSPS) is 15.0. The SMILES string of the molecule is CN=C(NCCC1CC1)NCc1c(C)noc1C.I. The van der Waals surface area contributed by atoms with Crippen LogP contribution in [-0.2, 0) is 6.54 Å². The standard InChI is InChI=1S/C13H22N4O.HI/c1-9-12(10(2)18-17-9)8-16-13(14-3)15-7-6-11-4-5-11;/h11H,4-8H2,1-3H3,(H2,14,15,16);1H. The van der Waals surface area contributed by atoms with Gasteiger partial charge in [0.2, 0.25) is 0 Å². The second-order valence-corrected chi connectivity index (χ2v) is 4.89. The van der Waals surface area contributed by atoms with Crippen LogP contribution in [0.15, 0.2) is 9.52 Å². The number of hydrogen-bond acceptors (Lipinski definition) is 3. The maximum Gasteiger partial charge on any atom is 0.191 e. The fourth-order valence-electron chi connectivity index (χ4n) is 1.95. The van der Waals surface area contributed by atoms with Crippen molar-refractivity contribution >= 4 is 29.9 Å². The van der Waals surface area contributed by atoms with Gasteiger partial charge in [-0.2, -0.15) is 0 Å². The van der Waals surface area contributed by atoms with E-state index in [-0.39, 0.29) is 24.0 Å². The van der Waals surface area contributed by atoms with Crippen LogP contribution >= 0.6 is 24.0 Å². The van der Waals surface area contributed by atoms with Crippen LogP contribution in [-0.4, -0.2) is 24.7 Å². The Balaban J connectivity index is 0.00000180. The third-order valence-electron chi connectivity index (χ3n) is 3.38. The van der Waals surface area contributed by atoms with Crippen LogP contribution in [0.25, 0.3) is 0 Å². The van der Waals surface area contributed by atoms with E-state index in [1.54, 1.807) is 7.05 Å². The maximum absolute atomic E-state index is 5.13.